The summed E-state index contributed by atoms with van der Waals surface area (Å²) in [5.41, 5.74) is 0.0766. The molecule has 1 heterocycles. The number of methoxy groups -OCH3 is 1. The number of hydrogen-bond donors (Lipinski definition) is 0. The molecule has 0 amide bonds. The molecule has 0 fully saturated rings. The quantitative estimate of drug-likeness (QED) is 0.455. The molecule has 1 aromatic carbocycles. The Balaban J connectivity index is 2.65. The zero-order valence-corrected chi connectivity index (χ0v) is 10.1. The third kappa shape index (κ3) is 2.25. The molecule has 2 rings (SSSR count). The lowest BCUT2D eigenvalue weighted by atomic mass is 10.2. The Hall–Kier alpha value is -2.84. The van der Waals surface area contributed by atoms with Crippen LogP contribution >= 0.6 is 0 Å². The highest BCUT2D eigenvalue weighted by atomic mass is 16.6. The highest BCUT2D eigenvalue weighted by Gasteiger charge is 2.19. The molecule has 0 spiro atoms. The molecule has 19 heavy (non-hydrogen) atoms. The topological polar surface area (TPSA) is 113 Å². The number of carbonyl (C=O) groups is 1. The van der Waals surface area contributed by atoms with Gasteiger partial charge in [0.15, 0.2) is 5.78 Å². The highest BCUT2D eigenvalue weighted by molar-refractivity contribution is 5.90. The van der Waals surface area contributed by atoms with Crippen LogP contribution < -0.4 is 4.74 Å². The van der Waals surface area contributed by atoms with Crippen molar-refractivity contribution in [2.45, 2.75) is 6.92 Å². The van der Waals surface area contributed by atoms with Crippen molar-refractivity contribution >= 4 is 11.5 Å². The van der Waals surface area contributed by atoms with E-state index in [9.17, 15) is 14.9 Å². The van der Waals surface area contributed by atoms with Crippen LogP contribution in [-0.2, 0) is 0 Å². The molecule has 0 unspecified atom stereocenters. The Morgan fingerprint density at radius 1 is 1.47 bits per heavy atom. The van der Waals surface area contributed by atoms with Gasteiger partial charge in [-0.05, 0) is 16.5 Å². The Bertz CT molecular complexity index is 651. The fourth-order valence-corrected chi connectivity index (χ4v) is 1.53. The molecule has 0 saturated carbocycles. The van der Waals surface area contributed by atoms with Gasteiger partial charge in [0.25, 0.3) is 5.69 Å². The number of Topliss-reactive ketones (excluding diaryl/α,β-unsaturated/α-hetero) is 1. The lowest BCUT2D eigenvalue weighted by Crippen LogP contribution is -2.09. The SMILES string of the molecule is COc1ccc([N+](=O)[O-])cc1-n1nnnc1C(C)=O. The zero-order chi connectivity index (χ0) is 14.0. The maximum atomic E-state index is 11.4. The minimum absolute atomic E-state index is 0.0289. The monoisotopic (exact) mass is 263 g/mol. The largest absolute Gasteiger partial charge is 0.494 e. The van der Waals surface area contributed by atoms with Gasteiger partial charge in [-0.25, -0.2) is 0 Å². The van der Waals surface area contributed by atoms with Gasteiger partial charge < -0.3 is 4.74 Å². The molecule has 0 aliphatic carbocycles. The average molecular weight is 263 g/mol. The summed E-state index contributed by atoms with van der Waals surface area (Å²) in [6.07, 6.45) is 0. The number of rotatable bonds is 4. The third-order valence-electron chi connectivity index (χ3n) is 2.39. The summed E-state index contributed by atoms with van der Waals surface area (Å²) >= 11 is 0. The van der Waals surface area contributed by atoms with Crippen molar-refractivity contribution in [1.82, 2.24) is 20.2 Å². The molecule has 0 saturated heterocycles. The van der Waals surface area contributed by atoms with Gasteiger partial charge in [0.1, 0.15) is 11.4 Å². The van der Waals surface area contributed by atoms with Crippen LogP contribution in [0.4, 0.5) is 5.69 Å². The summed E-state index contributed by atoms with van der Waals surface area (Å²) in [6, 6.07) is 3.95. The predicted molar refractivity (Wildman–Crippen MR) is 62.4 cm³/mol. The molecule has 0 aliphatic heterocycles. The Kier molecular flexibility index (Phi) is 3.19. The summed E-state index contributed by atoms with van der Waals surface area (Å²) in [4.78, 5) is 21.6. The van der Waals surface area contributed by atoms with Crippen LogP contribution in [0.15, 0.2) is 18.2 Å². The van der Waals surface area contributed by atoms with Crippen molar-refractivity contribution in [2.75, 3.05) is 7.11 Å². The first-order valence-corrected chi connectivity index (χ1v) is 5.16. The molecule has 0 aliphatic rings. The van der Waals surface area contributed by atoms with Gasteiger partial charge >= 0.3 is 0 Å². The number of tetrazole rings is 1. The normalized spacial score (nSPS) is 10.2. The third-order valence-corrected chi connectivity index (χ3v) is 2.39. The number of hydrogen-bond acceptors (Lipinski definition) is 7. The van der Waals surface area contributed by atoms with Crippen LogP contribution in [0.2, 0.25) is 0 Å². The summed E-state index contributed by atoms with van der Waals surface area (Å²) in [5, 5.41) is 21.4. The first-order valence-electron chi connectivity index (χ1n) is 5.16. The van der Waals surface area contributed by atoms with Gasteiger partial charge in [-0.15, -0.1) is 5.10 Å². The number of nitro benzene ring substituents is 1. The Labute approximate surface area is 106 Å². The number of benzene rings is 1. The summed E-state index contributed by atoms with van der Waals surface area (Å²) in [7, 11) is 1.41. The first-order chi connectivity index (χ1) is 9.04. The zero-order valence-electron chi connectivity index (χ0n) is 10.1. The summed E-state index contributed by atoms with van der Waals surface area (Å²) in [5.74, 6) is -0.0715. The van der Waals surface area contributed by atoms with E-state index in [0.29, 0.717) is 5.75 Å². The van der Waals surface area contributed by atoms with Gasteiger partial charge in [-0.3, -0.25) is 14.9 Å². The predicted octanol–water partition coefficient (Wildman–Crippen LogP) is 0.782. The number of ether oxygens (including phenoxy) is 1. The van der Waals surface area contributed by atoms with E-state index in [4.69, 9.17) is 4.74 Å². The highest BCUT2D eigenvalue weighted by Crippen LogP contribution is 2.27. The molecule has 9 nitrogen and oxygen atoms in total. The van der Waals surface area contributed by atoms with Crippen LogP contribution in [0.1, 0.15) is 17.5 Å². The van der Waals surface area contributed by atoms with Crippen molar-refractivity contribution in [2.24, 2.45) is 0 Å². The van der Waals surface area contributed by atoms with Crippen molar-refractivity contribution in [3.8, 4) is 11.4 Å². The lowest BCUT2D eigenvalue weighted by Gasteiger charge is -2.08. The van der Waals surface area contributed by atoms with E-state index in [0.717, 1.165) is 4.68 Å². The van der Waals surface area contributed by atoms with Crippen molar-refractivity contribution in [1.29, 1.82) is 0 Å². The van der Waals surface area contributed by atoms with Crippen molar-refractivity contribution in [3.05, 3.63) is 34.1 Å². The molecule has 1 aromatic heterocycles. The van der Waals surface area contributed by atoms with E-state index >= 15 is 0 Å². The van der Waals surface area contributed by atoms with Gasteiger partial charge in [-0.1, -0.05) is 0 Å². The van der Waals surface area contributed by atoms with Crippen LogP contribution in [0.3, 0.4) is 0 Å². The van der Waals surface area contributed by atoms with E-state index in [1.165, 1.54) is 32.2 Å². The summed E-state index contributed by atoms with van der Waals surface area (Å²) in [6.45, 7) is 1.30. The van der Waals surface area contributed by atoms with Gasteiger partial charge in [0, 0.05) is 19.1 Å². The number of nitro groups is 1. The Morgan fingerprint density at radius 2 is 2.21 bits per heavy atom. The molecule has 98 valence electrons. The second kappa shape index (κ2) is 4.80. The van der Waals surface area contributed by atoms with E-state index in [-0.39, 0.29) is 23.0 Å². The molecular weight excluding hydrogens is 254 g/mol. The average Bonchev–Trinajstić information content (AvgIpc) is 2.87. The van der Waals surface area contributed by atoms with Gasteiger partial charge in [-0.2, -0.15) is 4.68 Å². The maximum Gasteiger partial charge on any atom is 0.271 e. The minimum Gasteiger partial charge on any atom is -0.494 e. The number of carbonyl (C=O) groups excluding carboxylic acids is 1. The van der Waals surface area contributed by atoms with Gasteiger partial charge in [0.2, 0.25) is 5.82 Å². The first kappa shape index (κ1) is 12.6. The van der Waals surface area contributed by atoms with Crippen LogP contribution in [-0.4, -0.2) is 38.0 Å². The van der Waals surface area contributed by atoms with E-state index in [1.54, 1.807) is 0 Å². The van der Waals surface area contributed by atoms with Crippen LogP contribution in [0, 0.1) is 10.1 Å². The molecule has 0 atom stereocenters. The molecule has 0 radical (unpaired) electrons. The fourth-order valence-electron chi connectivity index (χ4n) is 1.53. The number of ketones is 1. The minimum atomic E-state index is -0.555. The smallest absolute Gasteiger partial charge is 0.271 e. The second-order valence-corrected chi connectivity index (χ2v) is 3.58. The van der Waals surface area contributed by atoms with Crippen molar-refractivity contribution in [3.63, 3.8) is 0 Å². The standard InChI is InChI=1S/C10H9N5O4/c1-6(16)10-11-12-13-14(10)8-5-7(15(17)18)3-4-9(8)19-2/h3-5H,1-2H3. The number of nitrogens with zero attached hydrogens (tertiary/aromatic N) is 5. The molecular formula is C10H9N5O4. The fraction of sp³-hybridized carbons (Fsp3) is 0.200. The number of aromatic nitrogens is 4. The lowest BCUT2D eigenvalue weighted by molar-refractivity contribution is -0.384. The van der Waals surface area contributed by atoms with E-state index in [1.807, 2.05) is 0 Å². The molecule has 0 N–H and O–H groups in total. The van der Waals surface area contributed by atoms with Crippen LogP contribution in [0.25, 0.3) is 5.69 Å². The Morgan fingerprint density at radius 3 is 2.79 bits per heavy atom. The molecule has 9 heteroatoms. The van der Waals surface area contributed by atoms with Gasteiger partial charge in [0.05, 0.1) is 12.0 Å². The van der Waals surface area contributed by atoms with Crippen LogP contribution in [0.5, 0.6) is 5.75 Å². The molecule has 2 aromatic rings. The summed E-state index contributed by atoms with van der Waals surface area (Å²) < 4.78 is 6.19. The second-order valence-electron chi connectivity index (χ2n) is 3.58. The van der Waals surface area contributed by atoms with E-state index in [2.05, 4.69) is 15.5 Å². The number of non-ortho nitro benzene ring substituents is 1. The van der Waals surface area contributed by atoms with E-state index < -0.39 is 4.92 Å². The molecule has 0 bridgehead atoms. The maximum absolute atomic E-state index is 11.4. The van der Waals surface area contributed by atoms with Crippen molar-refractivity contribution < 1.29 is 14.5 Å².